The Kier molecular flexibility index (Phi) is 10.4. The summed E-state index contributed by atoms with van der Waals surface area (Å²) in [6.45, 7) is 3.20. The van der Waals surface area contributed by atoms with Gasteiger partial charge in [0.15, 0.2) is 0 Å². The predicted octanol–water partition coefficient (Wildman–Crippen LogP) is 3.42. The summed E-state index contributed by atoms with van der Waals surface area (Å²) in [5.41, 5.74) is 1.35. The lowest BCUT2D eigenvalue weighted by Crippen LogP contribution is -2.43. The normalized spacial score (nSPS) is 18.7. The van der Waals surface area contributed by atoms with Gasteiger partial charge in [0, 0.05) is 36.6 Å². The van der Waals surface area contributed by atoms with Crippen LogP contribution in [0.1, 0.15) is 38.2 Å². The van der Waals surface area contributed by atoms with Crippen LogP contribution < -0.4 is 10.6 Å². The average molecular weight is 357 g/mol. The number of hydrogen-bond acceptors (Lipinski definition) is 3. The van der Waals surface area contributed by atoms with E-state index in [2.05, 4.69) is 41.8 Å². The first-order valence-corrected chi connectivity index (χ1v) is 9.57. The lowest BCUT2D eigenvalue weighted by atomic mass is 10.0. The number of rotatable bonds is 8. The highest BCUT2D eigenvalue weighted by Gasteiger charge is 2.18. The number of amides is 1. The molecule has 23 heavy (non-hydrogen) atoms. The smallest absolute Gasteiger partial charge is 0.221 e. The maximum Gasteiger partial charge on any atom is 0.221 e. The van der Waals surface area contributed by atoms with Crippen molar-refractivity contribution < 1.29 is 4.79 Å². The Morgan fingerprint density at radius 1 is 1.35 bits per heavy atom. The number of benzene rings is 1. The third-order valence-corrected chi connectivity index (χ3v) is 5.19. The molecule has 0 spiro atoms. The summed E-state index contributed by atoms with van der Waals surface area (Å²) in [7, 11) is 0. The van der Waals surface area contributed by atoms with Crippen LogP contribution in [-0.4, -0.2) is 36.0 Å². The van der Waals surface area contributed by atoms with E-state index in [9.17, 15) is 4.79 Å². The van der Waals surface area contributed by atoms with Gasteiger partial charge >= 0.3 is 0 Å². The molecule has 3 nitrogen and oxygen atoms in total. The number of carbonyl (C=O) groups is 1. The topological polar surface area (TPSA) is 41.1 Å². The molecule has 1 saturated heterocycles. The van der Waals surface area contributed by atoms with Gasteiger partial charge in [0.05, 0.1) is 0 Å². The zero-order valence-corrected chi connectivity index (χ0v) is 15.6. The van der Waals surface area contributed by atoms with Crippen LogP contribution >= 0.6 is 24.2 Å². The van der Waals surface area contributed by atoms with Crippen LogP contribution in [0.15, 0.2) is 30.3 Å². The molecule has 0 aromatic heterocycles. The van der Waals surface area contributed by atoms with Crippen LogP contribution in [0.5, 0.6) is 0 Å². The fourth-order valence-electron chi connectivity index (χ4n) is 2.88. The average Bonchev–Trinajstić information content (AvgIpc) is 2.55. The van der Waals surface area contributed by atoms with E-state index in [1.165, 1.54) is 5.56 Å². The molecule has 2 atom stereocenters. The molecule has 1 heterocycles. The van der Waals surface area contributed by atoms with E-state index >= 15 is 0 Å². The van der Waals surface area contributed by atoms with E-state index in [0.717, 1.165) is 43.7 Å². The number of hydrogen-bond donors (Lipinski definition) is 2. The van der Waals surface area contributed by atoms with Crippen molar-refractivity contribution in [3.05, 3.63) is 35.9 Å². The molecule has 0 aliphatic carbocycles. The van der Waals surface area contributed by atoms with Gasteiger partial charge in [-0.05, 0) is 24.8 Å². The molecular formula is C18H29ClN2OS. The van der Waals surface area contributed by atoms with Crippen molar-refractivity contribution in [1.82, 2.24) is 10.6 Å². The molecule has 2 rings (SSSR count). The van der Waals surface area contributed by atoms with E-state index in [1.807, 2.05) is 17.8 Å². The summed E-state index contributed by atoms with van der Waals surface area (Å²) in [5, 5.41) is 6.68. The highest BCUT2D eigenvalue weighted by atomic mass is 35.5. The largest absolute Gasteiger partial charge is 0.353 e. The maximum absolute atomic E-state index is 12.2. The van der Waals surface area contributed by atoms with E-state index < -0.39 is 0 Å². The highest BCUT2D eigenvalue weighted by molar-refractivity contribution is 7.99. The first kappa shape index (κ1) is 20.3. The van der Waals surface area contributed by atoms with Crippen LogP contribution in [0.25, 0.3) is 0 Å². The van der Waals surface area contributed by atoms with Gasteiger partial charge in [0.2, 0.25) is 5.91 Å². The minimum Gasteiger partial charge on any atom is -0.353 e. The Labute approximate surface area is 150 Å². The molecule has 0 saturated carbocycles. The maximum atomic E-state index is 12.2. The van der Waals surface area contributed by atoms with Gasteiger partial charge < -0.3 is 10.6 Å². The monoisotopic (exact) mass is 356 g/mol. The van der Waals surface area contributed by atoms with Gasteiger partial charge in [-0.2, -0.15) is 11.8 Å². The van der Waals surface area contributed by atoms with Gasteiger partial charge in [-0.1, -0.05) is 43.7 Å². The van der Waals surface area contributed by atoms with Crippen molar-refractivity contribution in [3.8, 4) is 0 Å². The van der Waals surface area contributed by atoms with Crippen molar-refractivity contribution in [3.63, 3.8) is 0 Å². The Hall–Kier alpha value is -0.710. The Morgan fingerprint density at radius 2 is 2.13 bits per heavy atom. The summed E-state index contributed by atoms with van der Waals surface area (Å²) < 4.78 is 0. The number of aryl methyl sites for hydroxylation is 1. The van der Waals surface area contributed by atoms with Gasteiger partial charge in [-0.3, -0.25) is 4.79 Å². The van der Waals surface area contributed by atoms with Crippen LogP contribution in [0.3, 0.4) is 0 Å². The molecule has 1 fully saturated rings. The summed E-state index contributed by atoms with van der Waals surface area (Å²) in [4.78, 5) is 12.2. The zero-order chi connectivity index (χ0) is 15.6. The predicted molar refractivity (Wildman–Crippen MR) is 103 cm³/mol. The summed E-state index contributed by atoms with van der Waals surface area (Å²) >= 11 is 1.94. The van der Waals surface area contributed by atoms with Crippen molar-refractivity contribution in [2.75, 3.05) is 18.1 Å². The van der Waals surface area contributed by atoms with E-state index in [0.29, 0.717) is 18.5 Å². The summed E-state index contributed by atoms with van der Waals surface area (Å²) in [6, 6.07) is 11.2. The standard InChI is InChI=1S/C18H28N2OS.ClH/c1-2-6-16(10-9-15-7-4-3-5-8-15)20-18(21)13-17-14-22-12-11-19-17;/h3-5,7-8,16-17,19H,2,6,9-14H2,1H3,(H,20,21);1H. The zero-order valence-electron chi connectivity index (χ0n) is 13.9. The Balaban J connectivity index is 0.00000264. The molecule has 2 N–H and O–H groups in total. The van der Waals surface area contributed by atoms with E-state index in [1.54, 1.807) is 0 Å². The molecular weight excluding hydrogens is 328 g/mol. The molecule has 1 aromatic carbocycles. The number of carbonyl (C=O) groups excluding carboxylic acids is 1. The second kappa shape index (κ2) is 11.8. The van der Waals surface area contributed by atoms with Crippen LogP contribution in [0.2, 0.25) is 0 Å². The SMILES string of the molecule is CCCC(CCc1ccccc1)NC(=O)CC1CSCCN1.Cl. The van der Waals surface area contributed by atoms with E-state index in [-0.39, 0.29) is 18.3 Å². The third kappa shape index (κ3) is 8.09. The van der Waals surface area contributed by atoms with Crippen molar-refractivity contribution >= 4 is 30.1 Å². The minimum absolute atomic E-state index is 0. The lowest BCUT2D eigenvalue weighted by molar-refractivity contribution is -0.122. The van der Waals surface area contributed by atoms with Gasteiger partial charge in [-0.25, -0.2) is 0 Å². The molecule has 5 heteroatoms. The molecule has 1 aliphatic heterocycles. The fourth-order valence-corrected chi connectivity index (χ4v) is 3.83. The molecule has 1 aliphatic rings. The Bertz CT molecular complexity index is 438. The quantitative estimate of drug-likeness (QED) is 0.749. The molecule has 130 valence electrons. The fraction of sp³-hybridized carbons (Fsp3) is 0.611. The van der Waals surface area contributed by atoms with Crippen LogP contribution in [0, 0.1) is 0 Å². The third-order valence-electron chi connectivity index (χ3n) is 4.06. The first-order valence-electron chi connectivity index (χ1n) is 8.42. The molecule has 1 aromatic rings. The minimum atomic E-state index is 0. The number of nitrogens with one attached hydrogen (secondary N) is 2. The molecule has 2 unspecified atom stereocenters. The summed E-state index contributed by atoms with van der Waals surface area (Å²) in [5.74, 6) is 2.41. The van der Waals surface area contributed by atoms with E-state index in [4.69, 9.17) is 0 Å². The number of thioether (sulfide) groups is 1. The van der Waals surface area contributed by atoms with Crippen molar-refractivity contribution in [1.29, 1.82) is 0 Å². The lowest BCUT2D eigenvalue weighted by Gasteiger charge is -2.24. The first-order chi connectivity index (χ1) is 10.8. The van der Waals surface area contributed by atoms with Gasteiger partial charge in [-0.15, -0.1) is 12.4 Å². The number of halogens is 1. The molecule has 0 radical (unpaired) electrons. The highest BCUT2D eigenvalue weighted by Crippen LogP contribution is 2.12. The van der Waals surface area contributed by atoms with Crippen molar-refractivity contribution in [2.45, 2.75) is 51.1 Å². The van der Waals surface area contributed by atoms with Crippen molar-refractivity contribution in [2.24, 2.45) is 0 Å². The summed E-state index contributed by atoms with van der Waals surface area (Å²) in [6.07, 6.45) is 4.83. The van der Waals surface area contributed by atoms with Gasteiger partial charge in [0.25, 0.3) is 0 Å². The van der Waals surface area contributed by atoms with Crippen LogP contribution in [0.4, 0.5) is 0 Å². The van der Waals surface area contributed by atoms with Crippen LogP contribution in [-0.2, 0) is 11.2 Å². The molecule has 1 amide bonds. The second-order valence-electron chi connectivity index (χ2n) is 6.01. The van der Waals surface area contributed by atoms with Gasteiger partial charge in [0.1, 0.15) is 0 Å². The second-order valence-corrected chi connectivity index (χ2v) is 7.16. The Morgan fingerprint density at radius 3 is 2.78 bits per heavy atom. The molecule has 0 bridgehead atoms.